The van der Waals surface area contributed by atoms with E-state index < -0.39 is 5.60 Å². The maximum absolute atomic E-state index is 8.23. The van der Waals surface area contributed by atoms with Gasteiger partial charge < -0.3 is 14.4 Å². The Morgan fingerprint density at radius 3 is 2.27 bits per heavy atom. The maximum Gasteiger partial charge on any atom is 0.129 e. The average molecular weight is 214 g/mol. The van der Waals surface area contributed by atoms with E-state index in [0.717, 1.165) is 39.1 Å². The molecule has 0 spiro atoms. The third kappa shape index (κ3) is 2.49. The maximum atomic E-state index is 8.23. The molecule has 0 aromatic carbocycles. The number of nitrogens with one attached hydrogen (secondary N) is 1. The fraction of sp³-hybridized carbons (Fsp3) is 0.909. The van der Waals surface area contributed by atoms with Crippen molar-refractivity contribution in [3.63, 3.8) is 0 Å². The summed E-state index contributed by atoms with van der Waals surface area (Å²) in [6.07, 6.45) is 1.69. The Hall–Kier alpha value is -0.610. The van der Waals surface area contributed by atoms with Crippen LogP contribution in [0.2, 0.25) is 0 Å². The van der Waals surface area contributed by atoms with E-state index in [-0.39, 0.29) is 0 Å². The lowest BCUT2D eigenvalue weighted by Crippen LogP contribution is -2.52. The van der Waals surface area contributed by atoms with Gasteiger partial charge in [0.05, 0.1) is 13.2 Å². The van der Waals surface area contributed by atoms with Crippen molar-refractivity contribution >= 4 is 5.84 Å². The molecule has 0 saturated carbocycles. The highest BCUT2D eigenvalue weighted by atomic mass is 16.5. The molecule has 1 rings (SSSR count). The molecule has 1 heterocycles. The second-order valence-electron chi connectivity index (χ2n) is 3.85. The quantitative estimate of drug-likeness (QED) is 0.570. The first-order valence-electron chi connectivity index (χ1n) is 5.67. The molecule has 0 aromatic rings. The number of hydrogen-bond acceptors (Lipinski definition) is 3. The van der Waals surface area contributed by atoms with E-state index >= 15 is 0 Å². The number of nitrogens with zero attached hydrogens (tertiary/aromatic N) is 1. The van der Waals surface area contributed by atoms with E-state index in [1.807, 2.05) is 0 Å². The second-order valence-corrected chi connectivity index (χ2v) is 3.85. The number of rotatable bonds is 4. The smallest absolute Gasteiger partial charge is 0.129 e. The van der Waals surface area contributed by atoms with Crippen LogP contribution in [0.5, 0.6) is 0 Å². The number of methoxy groups -OCH3 is 1. The predicted octanol–water partition coefficient (Wildman–Crippen LogP) is 1.50. The molecule has 0 amide bonds. The van der Waals surface area contributed by atoms with Crippen LogP contribution >= 0.6 is 0 Å². The summed E-state index contributed by atoms with van der Waals surface area (Å²) in [5.41, 5.74) is -0.405. The fourth-order valence-electron chi connectivity index (χ4n) is 2.05. The minimum Gasteiger partial charge on any atom is -0.378 e. The highest BCUT2D eigenvalue weighted by molar-refractivity contribution is 5.87. The molecule has 1 aliphatic heterocycles. The Morgan fingerprint density at radius 1 is 1.33 bits per heavy atom. The standard InChI is InChI=1S/C11H22N2O2/c1-4-11(5-2,14-3)10(12)13-6-8-15-9-7-13/h12H,4-9H2,1-3H3. The summed E-state index contributed by atoms with van der Waals surface area (Å²) in [7, 11) is 1.70. The molecule has 0 atom stereocenters. The van der Waals surface area contributed by atoms with E-state index in [0.29, 0.717) is 5.84 Å². The largest absolute Gasteiger partial charge is 0.378 e. The molecule has 1 fully saturated rings. The summed E-state index contributed by atoms with van der Waals surface area (Å²) in [5.74, 6) is 0.610. The second kappa shape index (κ2) is 5.47. The molecule has 0 aliphatic carbocycles. The molecule has 1 aliphatic rings. The first kappa shape index (κ1) is 12.5. The molecule has 0 aromatic heterocycles. The molecule has 4 nitrogen and oxygen atoms in total. The lowest BCUT2D eigenvalue weighted by atomic mass is 9.94. The Balaban J connectivity index is 2.70. The number of morpholine rings is 1. The first-order chi connectivity index (χ1) is 7.20. The molecule has 1 N–H and O–H groups in total. The van der Waals surface area contributed by atoms with Crippen LogP contribution in [0.25, 0.3) is 0 Å². The van der Waals surface area contributed by atoms with Crippen LogP contribution in [0.15, 0.2) is 0 Å². The van der Waals surface area contributed by atoms with E-state index in [4.69, 9.17) is 14.9 Å². The Bertz CT molecular complexity index is 200. The van der Waals surface area contributed by atoms with Crippen molar-refractivity contribution in [2.45, 2.75) is 32.3 Å². The van der Waals surface area contributed by atoms with Crippen molar-refractivity contribution in [2.75, 3.05) is 33.4 Å². The van der Waals surface area contributed by atoms with Gasteiger partial charge in [0.2, 0.25) is 0 Å². The van der Waals surface area contributed by atoms with Crippen molar-refractivity contribution < 1.29 is 9.47 Å². The van der Waals surface area contributed by atoms with E-state index in [9.17, 15) is 0 Å². The van der Waals surface area contributed by atoms with Gasteiger partial charge in [-0.25, -0.2) is 0 Å². The lowest BCUT2D eigenvalue weighted by Gasteiger charge is -2.39. The van der Waals surface area contributed by atoms with Crippen molar-refractivity contribution in [2.24, 2.45) is 0 Å². The minimum atomic E-state index is -0.405. The van der Waals surface area contributed by atoms with Crippen LogP contribution < -0.4 is 0 Å². The summed E-state index contributed by atoms with van der Waals surface area (Å²) in [6, 6.07) is 0. The van der Waals surface area contributed by atoms with Gasteiger partial charge in [-0.2, -0.15) is 0 Å². The van der Waals surface area contributed by atoms with E-state index in [1.54, 1.807) is 7.11 Å². The molecule has 88 valence electrons. The van der Waals surface area contributed by atoms with Gasteiger partial charge in [-0.15, -0.1) is 0 Å². The Kier molecular flexibility index (Phi) is 4.54. The fourth-order valence-corrected chi connectivity index (χ4v) is 2.05. The van der Waals surface area contributed by atoms with Gasteiger partial charge in [-0.05, 0) is 12.8 Å². The minimum absolute atomic E-state index is 0.405. The summed E-state index contributed by atoms with van der Waals surface area (Å²) < 4.78 is 10.8. The lowest BCUT2D eigenvalue weighted by molar-refractivity contribution is 0.0155. The Labute approximate surface area is 92.1 Å². The van der Waals surface area contributed by atoms with Gasteiger partial charge in [-0.1, -0.05) is 13.8 Å². The normalized spacial score (nSPS) is 17.9. The van der Waals surface area contributed by atoms with Crippen molar-refractivity contribution in [1.29, 1.82) is 5.41 Å². The molecular formula is C11H22N2O2. The van der Waals surface area contributed by atoms with Crippen LogP contribution in [0.3, 0.4) is 0 Å². The summed E-state index contributed by atoms with van der Waals surface area (Å²) in [6.45, 7) is 7.20. The van der Waals surface area contributed by atoms with Crippen molar-refractivity contribution in [1.82, 2.24) is 4.90 Å². The zero-order valence-corrected chi connectivity index (χ0v) is 10.0. The van der Waals surface area contributed by atoms with E-state index in [2.05, 4.69) is 18.7 Å². The summed E-state index contributed by atoms with van der Waals surface area (Å²) in [4.78, 5) is 2.07. The highest BCUT2D eigenvalue weighted by Crippen LogP contribution is 2.23. The van der Waals surface area contributed by atoms with Crippen LogP contribution in [0, 0.1) is 5.41 Å². The van der Waals surface area contributed by atoms with Gasteiger partial charge in [-0.3, -0.25) is 5.41 Å². The zero-order valence-electron chi connectivity index (χ0n) is 10.0. The topological polar surface area (TPSA) is 45.5 Å². The molecule has 0 bridgehead atoms. The third-order valence-electron chi connectivity index (χ3n) is 3.29. The summed E-state index contributed by atoms with van der Waals surface area (Å²) in [5, 5.41) is 8.23. The van der Waals surface area contributed by atoms with Crippen LogP contribution in [-0.2, 0) is 9.47 Å². The highest BCUT2D eigenvalue weighted by Gasteiger charge is 2.35. The first-order valence-corrected chi connectivity index (χ1v) is 5.67. The Morgan fingerprint density at radius 2 is 1.87 bits per heavy atom. The monoisotopic (exact) mass is 214 g/mol. The van der Waals surface area contributed by atoms with Gasteiger partial charge in [0.15, 0.2) is 0 Å². The van der Waals surface area contributed by atoms with E-state index in [1.165, 1.54) is 0 Å². The van der Waals surface area contributed by atoms with Crippen molar-refractivity contribution in [3.05, 3.63) is 0 Å². The number of ether oxygens (including phenoxy) is 2. The zero-order chi connectivity index (χ0) is 11.3. The summed E-state index contributed by atoms with van der Waals surface area (Å²) >= 11 is 0. The average Bonchev–Trinajstić information content (AvgIpc) is 2.33. The third-order valence-corrected chi connectivity index (χ3v) is 3.29. The predicted molar refractivity (Wildman–Crippen MR) is 60.4 cm³/mol. The molecule has 15 heavy (non-hydrogen) atoms. The van der Waals surface area contributed by atoms with Crippen LogP contribution in [0.1, 0.15) is 26.7 Å². The number of amidine groups is 1. The molecule has 0 radical (unpaired) electrons. The van der Waals surface area contributed by atoms with Gasteiger partial charge in [0.1, 0.15) is 11.4 Å². The van der Waals surface area contributed by atoms with Crippen LogP contribution in [0.4, 0.5) is 0 Å². The molecule has 4 heteroatoms. The van der Waals surface area contributed by atoms with Crippen LogP contribution in [-0.4, -0.2) is 49.7 Å². The van der Waals surface area contributed by atoms with Gasteiger partial charge in [0, 0.05) is 20.2 Å². The molecule has 1 saturated heterocycles. The molecular weight excluding hydrogens is 192 g/mol. The SMILES string of the molecule is CCC(CC)(OC)C(=N)N1CCOCC1. The van der Waals surface area contributed by atoms with Gasteiger partial charge >= 0.3 is 0 Å². The van der Waals surface area contributed by atoms with Crippen molar-refractivity contribution in [3.8, 4) is 0 Å². The van der Waals surface area contributed by atoms with Gasteiger partial charge in [0.25, 0.3) is 0 Å². The number of hydrogen-bond donors (Lipinski definition) is 1. The molecule has 0 unspecified atom stereocenters.